The van der Waals surface area contributed by atoms with Crippen LogP contribution < -0.4 is 4.74 Å². The first-order valence-corrected chi connectivity index (χ1v) is 7.01. The lowest BCUT2D eigenvalue weighted by atomic mass is 9.87. The Hall–Kier alpha value is -0.780. The van der Waals surface area contributed by atoms with Crippen LogP contribution in [0.1, 0.15) is 31.4 Å². The van der Waals surface area contributed by atoms with Crippen LogP contribution >= 0.6 is 15.9 Å². The number of nitrogens with zero attached hydrogens (tertiary/aromatic N) is 1. The Balaban J connectivity index is 1.92. The minimum atomic E-state index is -4.07. The number of aryl methyl sites for hydroxylation is 1. The van der Waals surface area contributed by atoms with E-state index >= 15 is 0 Å². The van der Waals surface area contributed by atoms with E-state index < -0.39 is 12.1 Å². The average Bonchev–Trinajstić information content (AvgIpc) is 2.26. The molecule has 1 aromatic rings. The Kier molecular flexibility index (Phi) is 4.38. The maximum atomic E-state index is 12.5. The van der Waals surface area contributed by atoms with Crippen molar-refractivity contribution in [3.63, 3.8) is 0 Å². The molecule has 0 aromatic carbocycles. The van der Waals surface area contributed by atoms with E-state index in [1.807, 2.05) is 6.92 Å². The maximum Gasteiger partial charge on any atom is 0.391 e. The van der Waals surface area contributed by atoms with Gasteiger partial charge in [-0.1, -0.05) is 0 Å². The van der Waals surface area contributed by atoms with Crippen LogP contribution in [0.2, 0.25) is 0 Å². The van der Waals surface area contributed by atoms with E-state index in [1.165, 1.54) is 0 Å². The third-order valence-corrected chi connectivity index (χ3v) is 3.74. The highest BCUT2D eigenvalue weighted by Gasteiger charge is 2.41. The van der Waals surface area contributed by atoms with E-state index in [-0.39, 0.29) is 18.9 Å². The van der Waals surface area contributed by atoms with Gasteiger partial charge < -0.3 is 4.74 Å². The molecule has 0 radical (unpaired) electrons. The van der Waals surface area contributed by atoms with Crippen LogP contribution in [0.25, 0.3) is 0 Å². The summed E-state index contributed by atoms with van der Waals surface area (Å²) in [6, 6.07) is 3.53. The number of halogens is 4. The monoisotopic (exact) mass is 337 g/mol. The molecule has 1 aliphatic carbocycles. The van der Waals surface area contributed by atoms with E-state index in [2.05, 4.69) is 20.9 Å². The molecule has 19 heavy (non-hydrogen) atoms. The predicted octanol–water partition coefficient (Wildman–Crippen LogP) is 4.65. The second-order valence-electron chi connectivity index (χ2n) is 4.90. The van der Waals surface area contributed by atoms with E-state index in [0.29, 0.717) is 23.2 Å². The van der Waals surface area contributed by atoms with Gasteiger partial charge in [0, 0.05) is 17.8 Å². The average molecular weight is 338 g/mol. The second-order valence-corrected chi connectivity index (χ2v) is 5.71. The Morgan fingerprint density at radius 1 is 1.21 bits per heavy atom. The van der Waals surface area contributed by atoms with Crippen molar-refractivity contribution in [1.29, 1.82) is 0 Å². The van der Waals surface area contributed by atoms with E-state index in [1.54, 1.807) is 12.1 Å². The van der Waals surface area contributed by atoms with Crippen LogP contribution in [0.15, 0.2) is 16.7 Å². The molecule has 1 aliphatic rings. The fourth-order valence-electron chi connectivity index (χ4n) is 2.37. The van der Waals surface area contributed by atoms with Crippen LogP contribution in [0.5, 0.6) is 5.75 Å². The van der Waals surface area contributed by atoms with Crippen molar-refractivity contribution < 1.29 is 17.9 Å². The highest BCUT2D eigenvalue weighted by atomic mass is 79.9. The number of pyridine rings is 1. The molecule has 2 rings (SSSR count). The molecule has 0 spiro atoms. The summed E-state index contributed by atoms with van der Waals surface area (Å²) in [6.07, 6.45) is -3.00. The smallest absolute Gasteiger partial charge is 0.391 e. The van der Waals surface area contributed by atoms with Crippen molar-refractivity contribution in [2.24, 2.45) is 5.92 Å². The molecule has 1 saturated carbocycles. The number of ether oxygens (including phenoxy) is 1. The predicted molar refractivity (Wildman–Crippen MR) is 69.1 cm³/mol. The standard InChI is InChI=1S/C13H15BrF3NO/c1-8-6-11(7-12(14)18-8)19-10-4-2-9(3-5-10)13(15,16)17/h6-7,9-10H,2-5H2,1H3. The number of rotatable bonds is 2. The molecule has 1 fully saturated rings. The Labute approximate surface area is 118 Å². The SMILES string of the molecule is Cc1cc(OC2CCC(C(F)(F)F)CC2)cc(Br)n1. The summed E-state index contributed by atoms with van der Waals surface area (Å²) in [7, 11) is 0. The van der Waals surface area contributed by atoms with Crippen molar-refractivity contribution in [2.75, 3.05) is 0 Å². The van der Waals surface area contributed by atoms with Crippen LogP contribution in [0.3, 0.4) is 0 Å². The first-order chi connectivity index (χ1) is 8.84. The second kappa shape index (κ2) is 5.69. The Morgan fingerprint density at radius 2 is 1.84 bits per heavy atom. The molecular formula is C13H15BrF3NO. The summed E-state index contributed by atoms with van der Waals surface area (Å²) >= 11 is 3.27. The van der Waals surface area contributed by atoms with Crippen LogP contribution in [-0.4, -0.2) is 17.3 Å². The molecule has 0 amide bonds. The molecule has 0 unspecified atom stereocenters. The molecule has 0 N–H and O–H groups in total. The van der Waals surface area contributed by atoms with Gasteiger partial charge in [-0.3, -0.25) is 0 Å². The van der Waals surface area contributed by atoms with Gasteiger partial charge in [-0.05, 0) is 48.5 Å². The molecule has 6 heteroatoms. The fourth-order valence-corrected chi connectivity index (χ4v) is 2.87. The normalized spacial score (nSPS) is 24.3. The van der Waals surface area contributed by atoms with Gasteiger partial charge in [0.2, 0.25) is 0 Å². The summed E-state index contributed by atoms with van der Waals surface area (Å²) in [6.45, 7) is 1.85. The van der Waals surface area contributed by atoms with E-state index in [0.717, 1.165) is 5.69 Å². The van der Waals surface area contributed by atoms with Crippen molar-refractivity contribution in [1.82, 2.24) is 4.98 Å². The van der Waals surface area contributed by atoms with Crippen LogP contribution in [0, 0.1) is 12.8 Å². The van der Waals surface area contributed by atoms with Gasteiger partial charge in [-0.2, -0.15) is 13.2 Å². The molecule has 106 valence electrons. The Morgan fingerprint density at radius 3 is 2.37 bits per heavy atom. The zero-order chi connectivity index (χ0) is 14.0. The lowest BCUT2D eigenvalue weighted by Crippen LogP contribution is -2.31. The highest BCUT2D eigenvalue weighted by Crippen LogP contribution is 2.38. The molecule has 2 nitrogen and oxygen atoms in total. The molecule has 1 heterocycles. The topological polar surface area (TPSA) is 22.1 Å². The van der Waals surface area contributed by atoms with Crippen molar-refractivity contribution in [3.05, 3.63) is 22.4 Å². The third kappa shape index (κ3) is 4.09. The number of alkyl halides is 3. The van der Waals surface area contributed by atoms with Gasteiger partial charge in [0.15, 0.2) is 0 Å². The summed E-state index contributed by atoms with van der Waals surface area (Å²) in [5, 5.41) is 0. The highest BCUT2D eigenvalue weighted by molar-refractivity contribution is 9.10. The van der Waals surface area contributed by atoms with Gasteiger partial charge >= 0.3 is 6.18 Å². The quantitative estimate of drug-likeness (QED) is 0.732. The van der Waals surface area contributed by atoms with Crippen molar-refractivity contribution in [3.8, 4) is 5.75 Å². The zero-order valence-corrected chi connectivity index (χ0v) is 12.1. The Bertz CT molecular complexity index is 422. The first kappa shape index (κ1) is 14.6. The van der Waals surface area contributed by atoms with E-state index in [9.17, 15) is 13.2 Å². The van der Waals surface area contributed by atoms with Gasteiger partial charge in [-0.25, -0.2) is 4.98 Å². The summed E-state index contributed by atoms with van der Waals surface area (Å²) < 4.78 is 44.1. The maximum absolute atomic E-state index is 12.5. The molecular weight excluding hydrogens is 323 g/mol. The summed E-state index contributed by atoms with van der Waals surface area (Å²) in [4.78, 5) is 4.16. The summed E-state index contributed by atoms with van der Waals surface area (Å²) in [5.74, 6) is -0.506. The number of hydrogen-bond acceptors (Lipinski definition) is 2. The first-order valence-electron chi connectivity index (χ1n) is 6.22. The van der Waals surface area contributed by atoms with E-state index in [4.69, 9.17) is 4.74 Å². The molecule has 0 aliphatic heterocycles. The zero-order valence-electron chi connectivity index (χ0n) is 10.5. The van der Waals surface area contributed by atoms with Crippen molar-refractivity contribution in [2.45, 2.75) is 44.9 Å². The van der Waals surface area contributed by atoms with Gasteiger partial charge in [0.25, 0.3) is 0 Å². The largest absolute Gasteiger partial charge is 0.490 e. The van der Waals surface area contributed by atoms with Gasteiger partial charge in [-0.15, -0.1) is 0 Å². The van der Waals surface area contributed by atoms with Gasteiger partial charge in [0.1, 0.15) is 10.4 Å². The van der Waals surface area contributed by atoms with Crippen LogP contribution in [0.4, 0.5) is 13.2 Å². The molecule has 0 saturated heterocycles. The van der Waals surface area contributed by atoms with Crippen LogP contribution in [-0.2, 0) is 0 Å². The summed E-state index contributed by atoms with van der Waals surface area (Å²) in [5.41, 5.74) is 0.813. The minimum absolute atomic E-state index is 0.132. The molecule has 0 bridgehead atoms. The third-order valence-electron chi connectivity index (χ3n) is 3.34. The van der Waals surface area contributed by atoms with Gasteiger partial charge in [0.05, 0.1) is 12.0 Å². The minimum Gasteiger partial charge on any atom is -0.490 e. The molecule has 1 aromatic heterocycles. The lowest BCUT2D eigenvalue weighted by molar-refractivity contribution is -0.185. The lowest BCUT2D eigenvalue weighted by Gasteiger charge is -2.30. The van der Waals surface area contributed by atoms with Crippen molar-refractivity contribution >= 4 is 15.9 Å². The molecule has 0 atom stereocenters. The number of aromatic nitrogens is 1. The fraction of sp³-hybridized carbons (Fsp3) is 0.615. The number of hydrogen-bond donors (Lipinski definition) is 0.